The first-order chi connectivity index (χ1) is 17.4. The van der Waals surface area contributed by atoms with E-state index in [2.05, 4.69) is 43.1 Å². The minimum absolute atomic E-state index is 0.00167. The van der Waals surface area contributed by atoms with E-state index in [1.54, 1.807) is 19.6 Å². The van der Waals surface area contributed by atoms with E-state index in [0.29, 0.717) is 30.5 Å². The summed E-state index contributed by atoms with van der Waals surface area (Å²) in [5.74, 6) is 1.40. The molecular formula is C26H28ClN7O2. The first-order valence-electron chi connectivity index (χ1n) is 11.8. The number of rotatable bonds is 5. The summed E-state index contributed by atoms with van der Waals surface area (Å²) in [7, 11) is 1.60. The highest BCUT2D eigenvalue weighted by Crippen LogP contribution is 2.30. The van der Waals surface area contributed by atoms with E-state index in [0.717, 1.165) is 33.7 Å². The highest BCUT2D eigenvalue weighted by atomic mass is 35.5. The quantitative estimate of drug-likeness (QED) is 0.409. The molecule has 2 N–H and O–H groups in total. The molecule has 1 aliphatic heterocycles. The molecule has 0 unspecified atom stereocenters. The van der Waals surface area contributed by atoms with Crippen LogP contribution in [0.2, 0.25) is 5.02 Å². The molecule has 0 saturated carbocycles. The Morgan fingerprint density at radius 1 is 1.19 bits per heavy atom. The number of ether oxygens (including phenoxy) is 1. The predicted molar refractivity (Wildman–Crippen MR) is 140 cm³/mol. The number of carbonyl (C=O) groups is 1. The smallest absolute Gasteiger partial charge is 0.318 e. The second-order valence-electron chi connectivity index (χ2n) is 8.94. The third-order valence-corrected chi connectivity index (χ3v) is 6.77. The van der Waals surface area contributed by atoms with E-state index in [4.69, 9.17) is 16.3 Å². The standard InChI is InChI=1S/C26H28ClN7O2/c1-16-14-33(9-10-34(16)26(35)31-17(2)18-5-4-6-20(27)11-18)25-21-13-22(32-24(21)29-15-30-25)19-7-8-28-23(12-19)36-3/h4-8,11-13,15-17H,9-10,14H2,1-3H3,(H,31,35)(H,29,30,32)/t16-,17+/m1/s1. The second-order valence-corrected chi connectivity index (χ2v) is 9.38. The van der Waals surface area contributed by atoms with Crippen molar-refractivity contribution < 1.29 is 9.53 Å². The lowest BCUT2D eigenvalue weighted by Crippen LogP contribution is -2.57. The number of H-pyrrole nitrogens is 1. The number of fused-ring (bicyclic) bond motifs is 1. The molecule has 36 heavy (non-hydrogen) atoms. The molecular weight excluding hydrogens is 478 g/mol. The van der Waals surface area contributed by atoms with Gasteiger partial charge in [-0.3, -0.25) is 0 Å². The molecule has 10 heteroatoms. The van der Waals surface area contributed by atoms with E-state index in [-0.39, 0.29) is 18.1 Å². The first kappa shape index (κ1) is 23.9. The van der Waals surface area contributed by atoms with Crippen LogP contribution in [-0.2, 0) is 0 Å². The number of halogens is 1. The number of aromatic nitrogens is 4. The van der Waals surface area contributed by atoms with Crippen LogP contribution in [0.5, 0.6) is 5.88 Å². The maximum absolute atomic E-state index is 13.1. The third kappa shape index (κ3) is 4.79. The molecule has 9 nitrogen and oxygen atoms in total. The molecule has 4 heterocycles. The Morgan fingerprint density at radius 2 is 2.06 bits per heavy atom. The van der Waals surface area contributed by atoms with Gasteiger partial charge in [-0.05, 0) is 43.7 Å². The number of nitrogens with one attached hydrogen (secondary N) is 2. The Balaban J connectivity index is 1.31. The van der Waals surface area contributed by atoms with Gasteiger partial charge >= 0.3 is 6.03 Å². The van der Waals surface area contributed by atoms with Crippen LogP contribution < -0.4 is 15.0 Å². The number of hydrogen-bond acceptors (Lipinski definition) is 6. The maximum Gasteiger partial charge on any atom is 0.318 e. The Kier molecular flexibility index (Phi) is 6.65. The average molecular weight is 506 g/mol. The van der Waals surface area contributed by atoms with Crippen LogP contribution in [0.25, 0.3) is 22.3 Å². The molecule has 1 aromatic carbocycles. The van der Waals surface area contributed by atoms with Crippen molar-refractivity contribution >= 4 is 34.5 Å². The number of amides is 2. The van der Waals surface area contributed by atoms with Gasteiger partial charge < -0.3 is 24.8 Å². The van der Waals surface area contributed by atoms with Crippen molar-refractivity contribution in [2.75, 3.05) is 31.6 Å². The van der Waals surface area contributed by atoms with Crippen molar-refractivity contribution in [2.24, 2.45) is 0 Å². The molecule has 3 aromatic heterocycles. The van der Waals surface area contributed by atoms with Crippen molar-refractivity contribution in [3.8, 4) is 17.1 Å². The number of benzene rings is 1. The Hall–Kier alpha value is -3.85. The molecule has 186 valence electrons. The Bertz CT molecular complexity index is 1390. The van der Waals surface area contributed by atoms with E-state index in [9.17, 15) is 4.79 Å². The maximum atomic E-state index is 13.1. The minimum atomic E-state index is -0.145. The number of anilines is 1. The normalized spacial score (nSPS) is 16.7. The van der Waals surface area contributed by atoms with Gasteiger partial charge in [-0.25, -0.2) is 19.7 Å². The number of aromatic amines is 1. The van der Waals surface area contributed by atoms with Crippen LogP contribution in [0, 0.1) is 0 Å². The summed E-state index contributed by atoms with van der Waals surface area (Å²) < 4.78 is 5.26. The molecule has 2 atom stereocenters. The predicted octanol–water partition coefficient (Wildman–Crippen LogP) is 4.66. The molecule has 1 saturated heterocycles. The van der Waals surface area contributed by atoms with E-state index in [1.165, 1.54) is 0 Å². The van der Waals surface area contributed by atoms with Gasteiger partial charge in [0.25, 0.3) is 0 Å². The molecule has 0 bridgehead atoms. The SMILES string of the molecule is COc1cc(-c2cc3c(N4CCN(C(=O)N[C@@H](C)c5cccc(Cl)c5)[C@H](C)C4)ncnc3[nH]2)ccn1. The summed E-state index contributed by atoms with van der Waals surface area (Å²) in [6.45, 7) is 5.93. The number of urea groups is 1. The molecule has 0 radical (unpaired) electrons. The van der Waals surface area contributed by atoms with Crippen molar-refractivity contribution in [1.82, 2.24) is 30.2 Å². The molecule has 0 aliphatic carbocycles. The van der Waals surface area contributed by atoms with Gasteiger partial charge in [0.2, 0.25) is 5.88 Å². The fourth-order valence-corrected chi connectivity index (χ4v) is 4.80. The zero-order valence-electron chi connectivity index (χ0n) is 20.4. The van der Waals surface area contributed by atoms with Crippen LogP contribution >= 0.6 is 11.6 Å². The number of pyridine rings is 1. The lowest BCUT2D eigenvalue weighted by molar-refractivity contribution is 0.168. The fourth-order valence-electron chi connectivity index (χ4n) is 4.60. The van der Waals surface area contributed by atoms with Crippen molar-refractivity contribution in [3.05, 3.63) is 65.6 Å². The summed E-state index contributed by atoms with van der Waals surface area (Å²) >= 11 is 6.11. The second kappa shape index (κ2) is 10.0. The highest BCUT2D eigenvalue weighted by molar-refractivity contribution is 6.30. The lowest BCUT2D eigenvalue weighted by Gasteiger charge is -2.40. The molecule has 4 aromatic rings. The van der Waals surface area contributed by atoms with Crippen molar-refractivity contribution in [3.63, 3.8) is 0 Å². The van der Waals surface area contributed by atoms with Gasteiger partial charge in [-0.15, -0.1) is 0 Å². The summed E-state index contributed by atoms with van der Waals surface area (Å²) in [5, 5.41) is 4.69. The number of hydrogen-bond donors (Lipinski definition) is 2. The van der Waals surface area contributed by atoms with Crippen molar-refractivity contribution in [1.29, 1.82) is 0 Å². The average Bonchev–Trinajstić information content (AvgIpc) is 3.33. The van der Waals surface area contributed by atoms with Gasteiger partial charge in [0, 0.05) is 54.2 Å². The monoisotopic (exact) mass is 505 g/mol. The summed E-state index contributed by atoms with van der Waals surface area (Å²) in [4.78, 5) is 33.7. The van der Waals surface area contributed by atoms with Crippen LogP contribution in [0.1, 0.15) is 25.5 Å². The molecule has 2 amide bonds. The number of piperazine rings is 1. The van der Waals surface area contributed by atoms with Crippen LogP contribution in [0.15, 0.2) is 55.0 Å². The highest BCUT2D eigenvalue weighted by Gasteiger charge is 2.30. The van der Waals surface area contributed by atoms with E-state index >= 15 is 0 Å². The molecule has 1 aliphatic rings. The largest absolute Gasteiger partial charge is 0.481 e. The zero-order valence-corrected chi connectivity index (χ0v) is 21.2. The number of methoxy groups -OCH3 is 1. The Morgan fingerprint density at radius 3 is 2.83 bits per heavy atom. The topological polar surface area (TPSA) is 99.3 Å². The molecule has 0 spiro atoms. The summed E-state index contributed by atoms with van der Waals surface area (Å²) in [6.07, 6.45) is 3.28. The summed E-state index contributed by atoms with van der Waals surface area (Å²) in [5.41, 5.74) is 3.59. The van der Waals surface area contributed by atoms with Crippen LogP contribution in [-0.4, -0.2) is 63.7 Å². The zero-order chi connectivity index (χ0) is 25.2. The number of nitrogens with zero attached hydrogens (tertiary/aromatic N) is 5. The van der Waals surface area contributed by atoms with Gasteiger partial charge in [-0.2, -0.15) is 0 Å². The fraction of sp³-hybridized carbons (Fsp3) is 0.308. The molecule has 5 rings (SSSR count). The summed E-state index contributed by atoms with van der Waals surface area (Å²) in [6, 6.07) is 13.2. The van der Waals surface area contributed by atoms with Gasteiger partial charge in [0.1, 0.15) is 17.8 Å². The minimum Gasteiger partial charge on any atom is -0.481 e. The van der Waals surface area contributed by atoms with Crippen LogP contribution in [0.3, 0.4) is 0 Å². The van der Waals surface area contributed by atoms with E-state index < -0.39 is 0 Å². The van der Waals surface area contributed by atoms with Gasteiger partial charge in [0.05, 0.1) is 18.5 Å². The molecule has 1 fully saturated rings. The van der Waals surface area contributed by atoms with E-state index in [1.807, 2.05) is 48.2 Å². The van der Waals surface area contributed by atoms with Gasteiger partial charge in [0.15, 0.2) is 0 Å². The number of carbonyl (C=O) groups excluding carboxylic acids is 1. The third-order valence-electron chi connectivity index (χ3n) is 6.54. The Labute approximate surface area is 214 Å². The van der Waals surface area contributed by atoms with Gasteiger partial charge in [-0.1, -0.05) is 23.7 Å². The first-order valence-corrected chi connectivity index (χ1v) is 12.2. The van der Waals surface area contributed by atoms with Crippen molar-refractivity contribution in [2.45, 2.75) is 25.9 Å². The van der Waals surface area contributed by atoms with Crippen LogP contribution in [0.4, 0.5) is 10.6 Å². The lowest BCUT2D eigenvalue weighted by atomic mass is 10.1.